The monoisotopic (exact) mass is 311 g/mol. The average Bonchev–Trinajstić information content (AvgIpc) is 2.55. The molecule has 1 aromatic rings. The van der Waals surface area contributed by atoms with Crippen molar-refractivity contribution in [2.75, 3.05) is 7.05 Å². The highest BCUT2D eigenvalue weighted by Crippen LogP contribution is 2.47. The van der Waals surface area contributed by atoms with Crippen molar-refractivity contribution in [1.82, 2.24) is 4.90 Å². The topological polar surface area (TPSA) is 23.5 Å². The molecule has 3 unspecified atom stereocenters. The highest BCUT2D eigenvalue weighted by Gasteiger charge is 2.46. The van der Waals surface area contributed by atoms with Crippen LogP contribution < -0.4 is 0 Å². The molecule has 0 spiro atoms. The first kappa shape index (κ1) is 15.6. The number of hydrogen-bond donors (Lipinski definition) is 1. The minimum atomic E-state index is -0.433. The van der Waals surface area contributed by atoms with Crippen molar-refractivity contribution in [3.63, 3.8) is 0 Å². The van der Waals surface area contributed by atoms with Gasteiger partial charge in [0.15, 0.2) is 0 Å². The van der Waals surface area contributed by atoms with Crippen molar-refractivity contribution in [3.8, 4) is 5.75 Å². The molecule has 0 amide bonds. The zero-order valence-electron chi connectivity index (χ0n) is 13.5. The van der Waals surface area contributed by atoms with Gasteiger partial charge in [0.25, 0.3) is 0 Å². The molecular weight excluding hydrogens is 289 g/mol. The fraction of sp³-hybridized carbons (Fsp3) is 0.300. The number of rotatable bonds is 3. The van der Waals surface area contributed by atoms with Gasteiger partial charge in [-0.3, -0.25) is 0 Å². The third kappa shape index (κ3) is 2.50. The molecule has 23 heavy (non-hydrogen) atoms. The van der Waals surface area contributed by atoms with Gasteiger partial charge in [-0.2, -0.15) is 0 Å². The van der Waals surface area contributed by atoms with Crippen LogP contribution in [-0.2, 0) is 5.41 Å². The van der Waals surface area contributed by atoms with Gasteiger partial charge in [0.1, 0.15) is 11.6 Å². The quantitative estimate of drug-likeness (QED) is 0.899. The summed E-state index contributed by atoms with van der Waals surface area (Å²) in [4.78, 5) is 2.15. The molecule has 3 heteroatoms. The molecule has 1 aliphatic heterocycles. The van der Waals surface area contributed by atoms with Crippen molar-refractivity contribution in [2.24, 2.45) is 5.92 Å². The van der Waals surface area contributed by atoms with Crippen molar-refractivity contribution in [1.29, 1.82) is 0 Å². The Kier molecular flexibility index (Phi) is 4.12. The van der Waals surface area contributed by atoms with E-state index in [1.54, 1.807) is 6.07 Å². The largest absolute Gasteiger partial charge is 0.508 e. The van der Waals surface area contributed by atoms with Crippen LogP contribution in [0.5, 0.6) is 5.75 Å². The summed E-state index contributed by atoms with van der Waals surface area (Å²) >= 11 is 0. The van der Waals surface area contributed by atoms with Crippen molar-refractivity contribution >= 4 is 0 Å². The molecule has 3 rings (SSSR count). The number of benzene rings is 1. The summed E-state index contributed by atoms with van der Waals surface area (Å²) in [5.74, 6) is -0.190. The van der Waals surface area contributed by atoms with E-state index in [-0.39, 0.29) is 17.7 Å². The molecule has 0 bridgehead atoms. The van der Waals surface area contributed by atoms with Crippen LogP contribution in [0.1, 0.15) is 18.9 Å². The number of nitrogens with zero attached hydrogens (tertiary/aromatic N) is 1. The summed E-state index contributed by atoms with van der Waals surface area (Å²) in [6.07, 6.45) is 17.6. The lowest BCUT2D eigenvalue weighted by Crippen LogP contribution is -2.50. The molecule has 2 nitrogen and oxygen atoms in total. The highest BCUT2D eigenvalue weighted by atomic mass is 19.1. The van der Waals surface area contributed by atoms with E-state index < -0.39 is 11.2 Å². The van der Waals surface area contributed by atoms with E-state index in [9.17, 15) is 9.50 Å². The predicted octanol–water partition coefficient (Wildman–Crippen LogP) is 4.31. The van der Waals surface area contributed by atoms with Gasteiger partial charge in [-0.25, -0.2) is 4.39 Å². The maximum absolute atomic E-state index is 13.5. The summed E-state index contributed by atoms with van der Waals surface area (Å²) in [5, 5.41) is 10.5. The lowest BCUT2D eigenvalue weighted by atomic mass is 9.61. The summed E-state index contributed by atoms with van der Waals surface area (Å²) in [7, 11) is 2.03. The molecule has 2 aliphatic rings. The minimum Gasteiger partial charge on any atom is -0.508 e. The number of phenols is 1. The maximum atomic E-state index is 13.5. The first-order valence-electron chi connectivity index (χ1n) is 8.01. The number of allylic oxidation sites excluding steroid dienone is 5. The second kappa shape index (κ2) is 6.07. The number of aromatic hydroxyl groups is 1. The van der Waals surface area contributed by atoms with E-state index in [4.69, 9.17) is 0 Å². The molecule has 3 atom stereocenters. The minimum absolute atomic E-state index is 0.0137. The van der Waals surface area contributed by atoms with Gasteiger partial charge in [0.05, 0.1) is 6.04 Å². The Morgan fingerprint density at radius 1 is 1.17 bits per heavy atom. The highest BCUT2D eigenvalue weighted by molar-refractivity contribution is 5.49. The Bertz CT molecular complexity index is 704. The summed E-state index contributed by atoms with van der Waals surface area (Å²) in [5.41, 5.74) is 0.334. The van der Waals surface area contributed by atoms with Crippen LogP contribution >= 0.6 is 0 Å². The zero-order valence-corrected chi connectivity index (χ0v) is 13.5. The fourth-order valence-electron chi connectivity index (χ4n) is 3.89. The average molecular weight is 311 g/mol. The predicted molar refractivity (Wildman–Crippen MR) is 91.6 cm³/mol. The van der Waals surface area contributed by atoms with E-state index in [2.05, 4.69) is 36.1 Å². The molecule has 120 valence electrons. The summed E-state index contributed by atoms with van der Waals surface area (Å²) in [6, 6.07) is 4.41. The molecule has 1 heterocycles. The number of likely N-dealkylation sites (N-methyl/N-ethyl adjacent to an activating group) is 1. The van der Waals surface area contributed by atoms with Crippen molar-refractivity contribution in [2.45, 2.75) is 24.8 Å². The number of phenolic OH excluding ortho intramolecular Hbond substituents is 1. The van der Waals surface area contributed by atoms with Gasteiger partial charge in [0, 0.05) is 24.1 Å². The van der Waals surface area contributed by atoms with Crippen LogP contribution in [0, 0.1) is 11.7 Å². The van der Waals surface area contributed by atoms with Gasteiger partial charge >= 0.3 is 0 Å². The van der Waals surface area contributed by atoms with Crippen LogP contribution in [-0.4, -0.2) is 23.1 Å². The van der Waals surface area contributed by atoms with Gasteiger partial charge < -0.3 is 10.0 Å². The van der Waals surface area contributed by atoms with Gasteiger partial charge in [0.2, 0.25) is 0 Å². The molecule has 0 saturated heterocycles. The first-order valence-corrected chi connectivity index (χ1v) is 8.01. The van der Waals surface area contributed by atoms with E-state index in [0.717, 1.165) is 12.0 Å². The molecule has 1 N–H and O–H groups in total. The van der Waals surface area contributed by atoms with E-state index in [1.165, 1.54) is 12.1 Å². The van der Waals surface area contributed by atoms with Gasteiger partial charge in [-0.1, -0.05) is 49.4 Å². The lowest BCUT2D eigenvalue weighted by molar-refractivity contribution is 0.217. The van der Waals surface area contributed by atoms with Gasteiger partial charge in [-0.05, 0) is 30.7 Å². The van der Waals surface area contributed by atoms with Gasteiger partial charge in [-0.15, -0.1) is 0 Å². The van der Waals surface area contributed by atoms with Crippen LogP contribution in [0.2, 0.25) is 0 Å². The molecule has 0 fully saturated rings. The molecule has 0 saturated carbocycles. The first-order chi connectivity index (χ1) is 11.1. The third-order valence-corrected chi connectivity index (χ3v) is 4.96. The Morgan fingerprint density at radius 2 is 1.96 bits per heavy atom. The molecular formula is C20H22FNO. The Morgan fingerprint density at radius 3 is 2.65 bits per heavy atom. The second-order valence-corrected chi connectivity index (χ2v) is 6.19. The Labute approximate surface area is 136 Å². The Hall–Kier alpha value is -2.29. The van der Waals surface area contributed by atoms with Crippen molar-refractivity contribution in [3.05, 3.63) is 78.3 Å². The van der Waals surface area contributed by atoms with Crippen LogP contribution in [0.25, 0.3) is 0 Å². The van der Waals surface area contributed by atoms with Crippen molar-refractivity contribution < 1.29 is 9.50 Å². The third-order valence-electron chi connectivity index (χ3n) is 4.96. The van der Waals surface area contributed by atoms with E-state index in [1.807, 2.05) is 31.5 Å². The molecule has 0 radical (unpaired) electrons. The maximum Gasteiger partial charge on any atom is 0.126 e. The lowest BCUT2D eigenvalue weighted by Gasteiger charge is -2.48. The fourth-order valence-corrected chi connectivity index (χ4v) is 3.89. The number of hydrogen-bond acceptors (Lipinski definition) is 2. The number of halogens is 1. The van der Waals surface area contributed by atoms with Crippen LogP contribution in [0.3, 0.4) is 0 Å². The zero-order chi connectivity index (χ0) is 16.4. The molecule has 1 aromatic carbocycles. The van der Waals surface area contributed by atoms with E-state index in [0.29, 0.717) is 0 Å². The standard InChI is InChI=1S/C20H22FNO/c1-3-15-8-4-6-12-20(15,19-9-5-7-13-22(19)2)17-11-10-16(21)14-18(17)23/h4-15,19,23H,3H2,1-2H3. The summed E-state index contributed by atoms with van der Waals surface area (Å²) < 4.78 is 13.5. The normalized spacial score (nSPS) is 29.3. The van der Waals surface area contributed by atoms with Crippen LogP contribution in [0.4, 0.5) is 4.39 Å². The SMILES string of the molecule is CCC1C=CC=CC1(c1ccc(F)cc1O)C1C=CC=CN1C. The smallest absolute Gasteiger partial charge is 0.126 e. The molecule has 1 aliphatic carbocycles. The van der Waals surface area contributed by atoms with Crippen LogP contribution in [0.15, 0.2) is 66.9 Å². The summed E-state index contributed by atoms with van der Waals surface area (Å²) in [6.45, 7) is 2.14. The second-order valence-electron chi connectivity index (χ2n) is 6.19. The van der Waals surface area contributed by atoms with E-state index >= 15 is 0 Å². The Balaban J connectivity index is 2.22. The molecule has 0 aromatic heterocycles.